The van der Waals surface area contributed by atoms with Gasteiger partial charge >= 0.3 is 0 Å². The van der Waals surface area contributed by atoms with Gasteiger partial charge in [0.2, 0.25) is 0 Å². The maximum atomic E-state index is 12.3. The molecule has 0 aliphatic carbocycles. The van der Waals surface area contributed by atoms with E-state index in [-0.39, 0.29) is 6.04 Å². The predicted molar refractivity (Wildman–Crippen MR) is 50.9 cm³/mol. The number of anilines is 1. The van der Waals surface area contributed by atoms with E-state index in [1.165, 1.54) is 0 Å². The first-order chi connectivity index (χ1) is 6.81. The van der Waals surface area contributed by atoms with E-state index in [9.17, 15) is 4.39 Å². The minimum Gasteiger partial charge on any atom is -0.460 e. The van der Waals surface area contributed by atoms with Crippen LogP contribution in [0.4, 0.5) is 10.2 Å². The molecule has 0 unspecified atom stereocenters. The highest BCUT2D eigenvalue weighted by Gasteiger charge is 2.08. The van der Waals surface area contributed by atoms with E-state index >= 15 is 0 Å². The number of furan rings is 1. The van der Waals surface area contributed by atoms with Crippen molar-refractivity contribution < 1.29 is 8.81 Å². The number of fused-ring (bicyclic) bond motifs is 1. The van der Waals surface area contributed by atoms with E-state index in [1.54, 1.807) is 25.5 Å². The topological polar surface area (TPSA) is 51.0 Å². The zero-order valence-corrected chi connectivity index (χ0v) is 7.70. The summed E-state index contributed by atoms with van der Waals surface area (Å²) >= 11 is 0. The lowest BCUT2D eigenvalue weighted by molar-refractivity contribution is 0.459. The Bertz CT molecular complexity index is 429. The average Bonchev–Trinajstić information content (AvgIpc) is 2.66. The third-order valence-corrected chi connectivity index (χ3v) is 1.88. The summed E-state index contributed by atoms with van der Waals surface area (Å²) in [5, 5.41) is 11.4. The molecule has 0 amide bonds. The Morgan fingerprint density at radius 1 is 1.64 bits per heavy atom. The van der Waals surface area contributed by atoms with Crippen molar-refractivity contribution in [2.45, 2.75) is 13.0 Å². The van der Waals surface area contributed by atoms with Crippen LogP contribution in [0.1, 0.15) is 6.92 Å². The van der Waals surface area contributed by atoms with E-state index in [2.05, 4.69) is 15.5 Å². The van der Waals surface area contributed by atoms with Gasteiger partial charge in [0.1, 0.15) is 6.67 Å². The van der Waals surface area contributed by atoms with Gasteiger partial charge in [-0.05, 0) is 13.0 Å². The molecule has 2 aromatic rings. The van der Waals surface area contributed by atoms with Gasteiger partial charge in [0, 0.05) is 5.39 Å². The highest BCUT2D eigenvalue weighted by atomic mass is 19.1. The second kappa shape index (κ2) is 3.61. The minimum absolute atomic E-state index is 0.292. The molecule has 2 heterocycles. The molecule has 14 heavy (non-hydrogen) atoms. The standard InChI is InChI=1S/C9H10FN3O/c1-6(4-10)12-9-8-7(2-3-14-8)5-11-13-9/h2-3,5-6H,4H2,1H3,(H,12,13)/t6-/m0/s1. The molecule has 1 atom stereocenters. The smallest absolute Gasteiger partial charge is 0.192 e. The van der Waals surface area contributed by atoms with E-state index in [0.29, 0.717) is 11.4 Å². The number of aromatic nitrogens is 2. The van der Waals surface area contributed by atoms with Crippen LogP contribution in [0.3, 0.4) is 0 Å². The fraction of sp³-hybridized carbons (Fsp3) is 0.333. The molecule has 0 spiro atoms. The van der Waals surface area contributed by atoms with Crippen molar-refractivity contribution in [2.75, 3.05) is 12.0 Å². The molecule has 1 N–H and O–H groups in total. The summed E-state index contributed by atoms with van der Waals surface area (Å²) in [5.41, 5.74) is 0.611. The number of hydrogen-bond acceptors (Lipinski definition) is 4. The SMILES string of the molecule is C[C@@H](CF)Nc1nncc2ccoc12. The van der Waals surface area contributed by atoms with E-state index in [1.807, 2.05) is 0 Å². The average molecular weight is 195 g/mol. The number of nitrogens with zero attached hydrogens (tertiary/aromatic N) is 2. The third kappa shape index (κ3) is 1.53. The third-order valence-electron chi connectivity index (χ3n) is 1.88. The Balaban J connectivity index is 2.36. The van der Waals surface area contributed by atoms with Crippen molar-refractivity contribution in [1.82, 2.24) is 10.2 Å². The van der Waals surface area contributed by atoms with Crippen LogP contribution in [0.2, 0.25) is 0 Å². The molecule has 0 aromatic carbocycles. The van der Waals surface area contributed by atoms with Gasteiger partial charge in [0.05, 0.1) is 18.5 Å². The molecule has 4 nitrogen and oxygen atoms in total. The molecule has 0 aliphatic heterocycles. The van der Waals surface area contributed by atoms with Crippen molar-refractivity contribution in [3.05, 3.63) is 18.5 Å². The quantitative estimate of drug-likeness (QED) is 0.813. The first-order valence-corrected chi connectivity index (χ1v) is 4.32. The Morgan fingerprint density at radius 3 is 3.29 bits per heavy atom. The van der Waals surface area contributed by atoms with Crippen molar-refractivity contribution >= 4 is 16.8 Å². The number of rotatable bonds is 3. The molecule has 0 aliphatic rings. The van der Waals surface area contributed by atoms with Gasteiger partial charge in [-0.2, -0.15) is 5.10 Å². The fourth-order valence-electron chi connectivity index (χ4n) is 1.17. The highest BCUT2D eigenvalue weighted by Crippen LogP contribution is 2.20. The Hall–Kier alpha value is -1.65. The van der Waals surface area contributed by atoms with Crippen LogP contribution in [-0.2, 0) is 0 Å². The van der Waals surface area contributed by atoms with Gasteiger partial charge in [0.25, 0.3) is 0 Å². The summed E-state index contributed by atoms with van der Waals surface area (Å²) in [7, 11) is 0. The monoisotopic (exact) mass is 195 g/mol. The van der Waals surface area contributed by atoms with Crippen LogP contribution in [0.5, 0.6) is 0 Å². The van der Waals surface area contributed by atoms with E-state index in [4.69, 9.17) is 4.42 Å². The maximum absolute atomic E-state index is 12.3. The van der Waals surface area contributed by atoms with E-state index in [0.717, 1.165) is 5.39 Å². The Kier molecular flexibility index (Phi) is 2.30. The molecule has 0 bridgehead atoms. The fourth-order valence-corrected chi connectivity index (χ4v) is 1.17. The van der Waals surface area contributed by atoms with Crippen LogP contribution in [0, 0.1) is 0 Å². The van der Waals surface area contributed by atoms with Gasteiger partial charge in [0.15, 0.2) is 11.4 Å². The van der Waals surface area contributed by atoms with Gasteiger partial charge < -0.3 is 9.73 Å². The molecule has 74 valence electrons. The van der Waals surface area contributed by atoms with Gasteiger partial charge in [-0.3, -0.25) is 0 Å². The van der Waals surface area contributed by atoms with Crippen molar-refractivity contribution in [3.63, 3.8) is 0 Å². The van der Waals surface area contributed by atoms with Crippen LogP contribution < -0.4 is 5.32 Å². The molecule has 0 radical (unpaired) electrons. The van der Waals surface area contributed by atoms with Crippen LogP contribution in [0.25, 0.3) is 11.0 Å². The lowest BCUT2D eigenvalue weighted by atomic mass is 10.3. The maximum Gasteiger partial charge on any atom is 0.192 e. The zero-order chi connectivity index (χ0) is 9.97. The summed E-state index contributed by atoms with van der Waals surface area (Å²) in [6, 6.07) is 1.50. The van der Waals surface area contributed by atoms with Crippen LogP contribution in [-0.4, -0.2) is 22.9 Å². The number of nitrogens with one attached hydrogen (secondary N) is 1. The summed E-state index contributed by atoms with van der Waals surface area (Å²) in [6.07, 6.45) is 3.16. The summed E-state index contributed by atoms with van der Waals surface area (Å²) in [6.45, 7) is 1.27. The van der Waals surface area contributed by atoms with Gasteiger partial charge in [-0.1, -0.05) is 0 Å². The summed E-state index contributed by atoms with van der Waals surface area (Å²) in [4.78, 5) is 0. The van der Waals surface area contributed by atoms with Crippen molar-refractivity contribution in [3.8, 4) is 0 Å². The van der Waals surface area contributed by atoms with Gasteiger partial charge in [-0.25, -0.2) is 4.39 Å². The second-order valence-electron chi connectivity index (χ2n) is 3.10. The highest BCUT2D eigenvalue weighted by molar-refractivity contribution is 5.85. The zero-order valence-electron chi connectivity index (χ0n) is 7.70. The predicted octanol–water partition coefficient (Wildman–Crippen LogP) is 1.99. The van der Waals surface area contributed by atoms with Crippen molar-refractivity contribution in [2.24, 2.45) is 0 Å². The number of hydrogen-bond donors (Lipinski definition) is 1. The molecule has 2 rings (SSSR count). The minimum atomic E-state index is -0.460. The Labute approximate surface area is 80.1 Å². The molecule has 0 fully saturated rings. The van der Waals surface area contributed by atoms with Crippen molar-refractivity contribution in [1.29, 1.82) is 0 Å². The van der Waals surface area contributed by atoms with Crippen LogP contribution >= 0.6 is 0 Å². The summed E-state index contributed by atoms with van der Waals surface area (Å²) < 4.78 is 17.5. The largest absolute Gasteiger partial charge is 0.460 e. The second-order valence-corrected chi connectivity index (χ2v) is 3.10. The summed E-state index contributed by atoms with van der Waals surface area (Å²) in [5.74, 6) is 0.484. The number of alkyl halides is 1. The normalized spacial score (nSPS) is 13.0. The molecule has 2 aromatic heterocycles. The number of halogens is 1. The Morgan fingerprint density at radius 2 is 2.50 bits per heavy atom. The first kappa shape index (κ1) is 8.93. The molecular weight excluding hydrogens is 185 g/mol. The lowest BCUT2D eigenvalue weighted by Gasteiger charge is -2.09. The molecule has 0 saturated carbocycles. The molecule has 5 heteroatoms. The molecular formula is C9H10FN3O. The lowest BCUT2D eigenvalue weighted by Crippen LogP contribution is -2.18. The van der Waals surface area contributed by atoms with E-state index < -0.39 is 6.67 Å². The molecule has 0 saturated heterocycles. The first-order valence-electron chi connectivity index (χ1n) is 4.32. The van der Waals surface area contributed by atoms with Gasteiger partial charge in [-0.15, -0.1) is 5.10 Å². The van der Waals surface area contributed by atoms with Crippen LogP contribution in [0.15, 0.2) is 22.9 Å².